The van der Waals surface area contributed by atoms with E-state index in [4.69, 9.17) is 4.52 Å². The lowest BCUT2D eigenvalue weighted by Gasteiger charge is -2.24. The van der Waals surface area contributed by atoms with Crippen LogP contribution in [0.5, 0.6) is 0 Å². The van der Waals surface area contributed by atoms with Crippen molar-refractivity contribution in [3.05, 3.63) is 17.5 Å². The molecule has 0 bridgehead atoms. The van der Waals surface area contributed by atoms with Crippen molar-refractivity contribution >= 4 is 11.8 Å². The Morgan fingerprint density at radius 3 is 2.85 bits per heavy atom. The van der Waals surface area contributed by atoms with Gasteiger partial charge in [0.25, 0.3) is 0 Å². The summed E-state index contributed by atoms with van der Waals surface area (Å²) in [6.45, 7) is 6.70. The number of hydrogen-bond donors (Lipinski definition) is 1. The van der Waals surface area contributed by atoms with Crippen LogP contribution < -0.4 is 5.32 Å². The quantitative estimate of drug-likeness (QED) is 0.900. The summed E-state index contributed by atoms with van der Waals surface area (Å²) in [6.07, 6.45) is 0.982. The summed E-state index contributed by atoms with van der Waals surface area (Å²) < 4.78 is 5.01. The molecule has 0 radical (unpaired) electrons. The van der Waals surface area contributed by atoms with E-state index in [1.54, 1.807) is 4.90 Å². The minimum atomic E-state index is -0.432. The zero-order chi connectivity index (χ0) is 14.7. The smallest absolute Gasteiger partial charge is 0.245 e. The first-order chi connectivity index (χ1) is 9.45. The maximum absolute atomic E-state index is 12.5. The fourth-order valence-corrected chi connectivity index (χ4v) is 2.37. The van der Waals surface area contributed by atoms with Crippen LogP contribution in [0, 0.1) is 12.8 Å². The summed E-state index contributed by atoms with van der Waals surface area (Å²) in [7, 11) is 0. The van der Waals surface area contributed by atoms with Gasteiger partial charge in [0.05, 0.1) is 6.54 Å². The van der Waals surface area contributed by atoms with Crippen LogP contribution in [-0.4, -0.2) is 34.5 Å². The van der Waals surface area contributed by atoms with Crippen LogP contribution in [0.1, 0.15) is 38.1 Å². The fourth-order valence-electron chi connectivity index (χ4n) is 2.37. The Morgan fingerprint density at radius 1 is 1.50 bits per heavy atom. The van der Waals surface area contributed by atoms with Crippen molar-refractivity contribution in [1.29, 1.82) is 0 Å². The summed E-state index contributed by atoms with van der Waals surface area (Å²) in [5, 5.41) is 6.71. The van der Waals surface area contributed by atoms with E-state index in [-0.39, 0.29) is 11.8 Å². The Bertz CT molecular complexity index is 496. The van der Waals surface area contributed by atoms with Crippen molar-refractivity contribution in [2.75, 3.05) is 6.54 Å². The molecule has 6 nitrogen and oxygen atoms in total. The number of hydrogen-bond acceptors (Lipinski definition) is 4. The van der Waals surface area contributed by atoms with Crippen LogP contribution in [0.2, 0.25) is 0 Å². The molecule has 0 aliphatic carbocycles. The number of amides is 2. The molecule has 1 aromatic heterocycles. The van der Waals surface area contributed by atoms with Gasteiger partial charge in [-0.3, -0.25) is 9.59 Å². The van der Waals surface area contributed by atoms with Crippen molar-refractivity contribution in [2.45, 2.75) is 46.2 Å². The number of carbonyl (C=O) groups is 2. The van der Waals surface area contributed by atoms with Gasteiger partial charge in [0.15, 0.2) is 0 Å². The van der Waals surface area contributed by atoms with Crippen LogP contribution in [0.3, 0.4) is 0 Å². The van der Waals surface area contributed by atoms with E-state index in [9.17, 15) is 9.59 Å². The molecule has 2 amide bonds. The zero-order valence-corrected chi connectivity index (χ0v) is 12.2. The predicted octanol–water partition coefficient (Wildman–Crippen LogP) is 1.25. The van der Waals surface area contributed by atoms with Crippen LogP contribution in [-0.2, 0) is 16.1 Å². The van der Waals surface area contributed by atoms with Gasteiger partial charge in [0.1, 0.15) is 17.5 Å². The molecule has 1 aromatic rings. The van der Waals surface area contributed by atoms with Gasteiger partial charge in [-0.25, -0.2) is 0 Å². The Hall–Kier alpha value is -1.85. The minimum Gasteiger partial charge on any atom is -0.361 e. The second-order valence-electron chi connectivity index (χ2n) is 5.69. The van der Waals surface area contributed by atoms with Gasteiger partial charge >= 0.3 is 0 Å². The molecule has 2 rings (SSSR count). The second-order valence-corrected chi connectivity index (χ2v) is 5.69. The molecule has 2 heterocycles. The average molecular weight is 279 g/mol. The molecule has 1 aliphatic heterocycles. The van der Waals surface area contributed by atoms with E-state index in [1.165, 1.54) is 0 Å². The van der Waals surface area contributed by atoms with Gasteiger partial charge < -0.3 is 14.7 Å². The molecule has 1 aliphatic rings. The number of nitrogens with zero attached hydrogens (tertiary/aromatic N) is 2. The van der Waals surface area contributed by atoms with E-state index in [0.29, 0.717) is 37.5 Å². The number of rotatable bonds is 4. The molecule has 110 valence electrons. The van der Waals surface area contributed by atoms with Crippen molar-refractivity contribution in [3.8, 4) is 0 Å². The first kappa shape index (κ1) is 14.6. The highest BCUT2D eigenvalue weighted by molar-refractivity contribution is 5.89. The molecule has 1 N–H and O–H groups in total. The number of aryl methyl sites for hydroxylation is 1. The second kappa shape index (κ2) is 6.07. The molecule has 1 saturated heterocycles. The fraction of sp³-hybridized carbons (Fsp3) is 0.643. The largest absolute Gasteiger partial charge is 0.361 e. The van der Waals surface area contributed by atoms with Gasteiger partial charge in [0.2, 0.25) is 11.8 Å². The highest BCUT2D eigenvalue weighted by Gasteiger charge is 2.30. The monoisotopic (exact) mass is 279 g/mol. The molecular formula is C14H21N3O3. The third kappa shape index (κ3) is 3.59. The molecule has 0 aromatic carbocycles. The number of nitrogens with one attached hydrogen (secondary N) is 1. The lowest BCUT2D eigenvalue weighted by Crippen LogP contribution is -2.45. The normalized spacial score (nSPS) is 20.2. The van der Waals surface area contributed by atoms with Crippen molar-refractivity contribution in [3.63, 3.8) is 0 Å². The Labute approximate surface area is 118 Å². The van der Waals surface area contributed by atoms with E-state index in [0.717, 1.165) is 5.76 Å². The summed E-state index contributed by atoms with van der Waals surface area (Å²) in [4.78, 5) is 25.9. The summed E-state index contributed by atoms with van der Waals surface area (Å²) >= 11 is 0. The SMILES string of the molecule is Cc1cc(CN2CCC(=O)NC(CC(C)C)C2=O)no1. The van der Waals surface area contributed by atoms with Crippen molar-refractivity contribution < 1.29 is 14.1 Å². The van der Waals surface area contributed by atoms with Crippen LogP contribution >= 0.6 is 0 Å². The third-order valence-electron chi connectivity index (χ3n) is 3.29. The molecule has 1 fully saturated rings. The van der Waals surface area contributed by atoms with Crippen molar-refractivity contribution in [2.24, 2.45) is 5.92 Å². The Morgan fingerprint density at radius 2 is 2.25 bits per heavy atom. The average Bonchev–Trinajstić information content (AvgIpc) is 2.72. The first-order valence-corrected chi connectivity index (χ1v) is 6.96. The minimum absolute atomic E-state index is 0.0368. The lowest BCUT2D eigenvalue weighted by atomic mass is 10.0. The molecule has 6 heteroatoms. The van der Waals surface area contributed by atoms with E-state index in [1.807, 2.05) is 26.8 Å². The molecule has 1 unspecified atom stereocenters. The third-order valence-corrected chi connectivity index (χ3v) is 3.29. The standard InChI is InChI=1S/C14H21N3O3/c1-9(2)6-12-14(19)17(5-4-13(18)15-12)8-11-7-10(3)20-16-11/h7,9,12H,4-6,8H2,1-3H3,(H,15,18). The topological polar surface area (TPSA) is 75.4 Å². The highest BCUT2D eigenvalue weighted by Crippen LogP contribution is 2.14. The summed E-state index contributed by atoms with van der Waals surface area (Å²) in [6, 6.07) is 1.38. The first-order valence-electron chi connectivity index (χ1n) is 6.96. The van der Waals surface area contributed by atoms with Gasteiger partial charge in [-0.2, -0.15) is 0 Å². The van der Waals surface area contributed by atoms with Gasteiger partial charge in [-0.05, 0) is 19.3 Å². The molecule has 0 saturated carbocycles. The molecule has 20 heavy (non-hydrogen) atoms. The molecular weight excluding hydrogens is 258 g/mol. The maximum Gasteiger partial charge on any atom is 0.245 e. The van der Waals surface area contributed by atoms with Gasteiger partial charge in [-0.1, -0.05) is 19.0 Å². The highest BCUT2D eigenvalue weighted by atomic mass is 16.5. The maximum atomic E-state index is 12.5. The van der Waals surface area contributed by atoms with Crippen LogP contribution in [0.25, 0.3) is 0 Å². The van der Waals surface area contributed by atoms with Crippen molar-refractivity contribution in [1.82, 2.24) is 15.4 Å². The van der Waals surface area contributed by atoms with E-state index >= 15 is 0 Å². The summed E-state index contributed by atoms with van der Waals surface area (Å²) in [5.74, 6) is 0.960. The van der Waals surface area contributed by atoms with Crippen LogP contribution in [0.15, 0.2) is 10.6 Å². The van der Waals surface area contributed by atoms with Gasteiger partial charge in [0, 0.05) is 19.0 Å². The number of carbonyl (C=O) groups excluding carboxylic acids is 2. The zero-order valence-electron chi connectivity index (χ0n) is 12.2. The van der Waals surface area contributed by atoms with Crippen LogP contribution in [0.4, 0.5) is 0 Å². The Kier molecular flexibility index (Phi) is 4.42. The number of aromatic nitrogens is 1. The lowest BCUT2D eigenvalue weighted by molar-refractivity contribution is -0.134. The molecule has 1 atom stereocenters. The van der Waals surface area contributed by atoms with E-state index < -0.39 is 6.04 Å². The molecule has 0 spiro atoms. The van der Waals surface area contributed by atoms with E-state index in [2.05, 4.69) is 10.5 Å². The predicted molar refractivity (Wildman–Crippen MR) is 72.7 cm³/mol. The Balaban J connectivity index is 2.10. The summed E-state index contributed by atoms with van der Waals surface area (Å²) in [5.41, 5.74) is 0.716. The van der Waals surface area contributed by atoms with Gasteiger partial charge in [-0.15, -0.1) is 0 Å².